The molecule has 5 heteroatoms. The van der Waals surface area contributed by atoms with E-state index in [1.54, 1.807) is 20.3 Å². The summed E-state index contributed by atoms with van der Waals surface area (Å²) in [5, 5.41) is 0. The molecule has 0 amide bonds. The Kier molecular flexibility index (Phi) is 3.81. The molecule has 0 aromatic heterocycles. The van der Waals surface area contributed by atoms with Gasteiger partial charge in [-0.1, -0.05) is 0 Å². The van der Waals surface area contributed by atoms with Gasteiger partial charge in [0.25, 0.3) is 0 Å². The fourth-order valence-corrected chi connectivity index (χ4v) is 2.20. The fourth-order valence-electron chi connectivity index (χ4n) is 2.20. The van der Waals surface area contributed by atoms with Crippen molar-refractivity contribution in [1.29, 1.82) is 0 Å². The predicted octanol–water partition coefficient (Wildman–Crippen LogP) is 1.51. The van der Waals surface area contributed by atoms with E-state index in [9.17, 15) is 0 Å². The van der Waals surface area contributed by atoms with Gasteiger partial charge >= 0.3 is 0 Å². The van der Waals surface area contributed by atoms with Crippen LogP contribution < -0.4 is 20.1 Å². The van der Waals surface area contributed by atoms with E-state index in [1.807, 2.05) is 6.07 Å². The summed E-state index contributed by atoms with van der Waals surface area (Å²) in [4.78, 5) is 2.21. The van der Waals surface area contributed by atoms with Gasteiger partial charge in [-0.05, 0) is 6.92 Å². The molecular formula is C13H20N2O3. The molecular weight excluding hydrogens is 232 g/mol. The number of rotatable bonds is 3. The molecule has 1 aliphatic rings. The van der Waals surface area contributed by atoms with Crippen molar-refractivity contribution in [3.8, 4) is 11.5 Å². The van der Waals surface area contributed by atoms with Crippen molar-refractivity contribution >= 4 is 11.4 Å². The topological polar surface area (TPSA) is 57.0 Å². The molecule has 1 unspecified atom stereocenters. The number of hydrogen-bond acceptors (Lipinski definition) is 5. The summed E-state index contributed by atoms with van der Waals surface area (Å²) in [7, 11) is 3.23. The Bertz CT molecular complexity index is 423. The molecule has 1 aromatic rings. The van der Waals surface area contributed by atoms with Gasteiger partial charge in [-0.15, -0.1) is 0 Å². The van der Waals surface area contributed by atoms with Crippen molar-refractivity contribution in [3.63, 3.8) is 0 Å². The third-order valence-corrected chi connectivity index (χ3v) is 3.11. The Hall–Kier alpha value is -1.62. The highest BCUT2D eigenvalue weighted by Crippen LogP contribution is 2.37. The second-order valence-corrected chi connectivity index (χ2v) is 4.39. The van der Waals surface area contributed by atoms with Gasteiger partial charge in [0.2, 0.25) is 0 Å². The van der Waals surface area contributed by atoms with Crippen LogP contribution in [0.25, 0.3) is 0 Å². The molecule has 100 valence electrons. The summed E-state index contributed by atoms with van der Waals surface area (Å²) in [5.74, 6) is 1.35. The van der Waals surface area contributed by atoms with Crippen LogP contribution in [0.2, 0.25) is 0 Å². The van der Waals surface area contributed by atoms with Crippen LogP contribution in [-0.4, -0.2) is 40.0 Å². The molecule has 0 saturated carbocycles. The number of anilines is 2. The molecule has 2 N–H and O–H groups in total. The SMILES string of the molecule is COc1cc(N)c(N2CCOC(C)C2)cc1OC. The van der Waals surface area contributed by atoms with E-state index in [2.05, 4.69) is 11.8 Å². The van der Waals surface area contributed by atoms with Gasteiger partial charge in [0.1, 0.15) is 0 Å². The number of nitrogens with zero attached hydrogens (tertiary/aromatic N) is 1. The molecule has 5 nitrogen and oxygen atoms in total. The lowest BCUT2D eigenvalue weighted by molar-refractivity contribution is 0.0532. The second kappa shape index (κ2) is 5.35. The molecule has 1 aromatic carbocycles. The van der Waals surface area contributed by atoms with Crippen LogP contribution in [-0.2, 0) is 4.74 Å². The van der Waals surface area contributed by atoms with Gasteiger partial charge in [-0.3, -0.25) is 0 Å². The van der Waals surface area contributed by atoms with Gasteiger partial charge in [-0.25, -0.2) is 0 Å². The zero-order valence-corrected chi connectivity index (χ0v) is 11.1. The number of hydrogen-bond donors (Lipinski definition) is 1. The zero-order chi connectivity index (χ0) is 13.1. The Labute approximate surface area is 107 Å². The van der Waals surface area contributed by atoms with Crippen LogP contribution in [0.1, 0.15) is 6.92 Å². The first-order valence-electron chi connectivity index (χ1n) is 6.03. The predicted molar refractivity (Wildman–Crippen MR) is 71.6 cm³/mol. The average molecular weight is 252 g/mol. The first-order chi connectivity index (χ1) is 8.65. The Balaban J connectivity index is 2.32. The van der Waals surface area contributed by atoms with Gasteiger partial charge in [0.05, 0.1) is 38.3 Å². The largest absolute Gasteiger partial charge is 0.493 e. The minimum atomic E-state index is 0.214. The Morgan fingerprint density at radius 3 is 2.56 bits per heavy atom. The van der Waals surface area contributed by atoms with E-state index in [0.717, 1.165) is 25.4 Å². The third-order valence-electron chi connectivity index (χ3n) is 3.11. The number of morpholine rings is 1. The summed E-state index contributed by atoms with van der Waals surface area (Å²) >= 11 is 0. The summed E-state index contributed by atoms with van der Waals surface area (Å²) in [6, 6.07) is 3.72. The summed E-state index contributed by atoms with van der Waals surface area (Å²) in [5.41, 5.74) is 7.75. The number of nitrogen functional groups attached to an aromatic ring is 1. The van der Waals surface area contributed by atoms with Crippen LogP contribution in [0.3, 0.4) is 0 Å². The van der Waals surface area contributed by atoms with E-state index in [0.29, 0.717) is 17.2 Å². The van der Waals surface area contributed by atoms with Crippen LogP contribution in [0.15, 0.2) is 12.1 Å². The molecule has 1 saturated heterocycles. The van der Waals surface area contributed by atoms with Crippen molar-refractivity contribution in [1.82, 2.24) is 0 Å². The summed E-state index contributed by atoms with van der Waals surface area (Å²) in [6.45, 7) is 4.45. The van der Waals surface area contributed by atoms with E-state index < -0.39 is 0 Å². The van der Waals surface area contributed by atoms with Crippen LogP contribution in [0.4, 0.5) is 11.4 Å². The highest BCUT2D eigenvalue weighted by molar-refractivity contribution is 5.73. The quantitative estimate of drug-likeness (QED) is 0.826. The van der Waals surface area contributed by atoms with E-state index in [-0.39, 0.29) is 6.10 Å². The molecule has 0 radical (unpaired) electrons. The molecule has 0 bridgehead atoms. The minimum absolute atomic E-state index is 0.214. The molecule has 1 aliphatic heterocycles. The molecule has 1 fully saturated rings. The average Bonchev–Trinajstić information content (AvgIpc) is 2.38. The highest BCUT2D eigenvalue weighted by atomic mass is 16.5. The molecule has 1 atom stereocenters. The fraction of sp³-hybridized carbons (Fsp3) is 0.538. The Morgan fingerprint density at radius 2 is 1.94 bits per heavy atom. The molecule has 1 heterocycles. The summed E-state index contributed by atoms with van der Waals surface area (Å²) in [6.07, 6.45) is 0.214. The smallest absolute Gasteiger partial charge is 0.162 e. The van der Waals surface area contributed by atoms with Gasteiger partial charge in [-0.2, -0.15) is 0 Å². The lowest BCUT2D eigenvalue weighted by atomic mass is 10.2. The van der Waals surface area contributed by atoms with Crippen LogP contribution in [0, 0.1) is 0 Å². The van der Waals surface area contributed by atoms with Gasteiger partial charge in [0, 0.05) is 25.2 Å². The summed E-state index contributed by atoms with van der Waals surface area (Å²) < 4.78 is 16.1. The van der Waals surface area contributed by atoms with E-state index in [4.69, 9.17) is 19.9 Å². The highest BCUT2D eigenvalue weighted by Gasteiger charge is 2.20. The minimum Gasteiger partial charge on any atom is -0.493 e. The zero-order valence-electron chi connectivity index (χ0n) is 11.1. The van der Waals surface area contributed by atoms with Gasteiger partial charge in [0.15, 0.2) is 11.5 Å². The molecule has 18 heavy (non-hydrogen) atoms. The first-order valence-corrected chi connectivity index (χ1v) is 6.03. The number of methoxy groups -OCH3 is 2. The van der Waals surface area contributed by atoms with Crippen LogP contribution >= 0.6 is 0 Å². The number of benzene rings is 1. The van der Waals surface area contributed by atoms with Gasteiger partial charge < -0.3 is 24.8 Å². The van der Waals surface area contributed by atoms with Crippen molar-refractivity contribution in [3.05, 3.63) is 12.1 Å². The Morgan fingerprint density at radius 1 is 1.28 bits per heavy atom. The molecule has 0 spiro atoms. The van der Waals surface area contributed by atoms with Crippen molar-refractivity contribution in [2.24, 2.45) is 0 Å². The van der Waals surface area contributed by atoms with E-state index in [1.165, 1.54) is 0 Å². The standard InChI is InChI=1S/C13H20N2O3/c1-9-8-15(4-5-18-9)11-7-13(17-3)12(16-2)6-10(11)14/h6-7,9H,4-5,8,14H2,1-3H3. The first kappa shape index (κ1) is 12.8. The van der Waals surface area contributed by atoms with Crippen molar-refractivity contribution in [2.45, 2.75) is 13.0 Å². The lowest BCUT2D eigenvalue weighted by Crippen LogP contribution is -2.41. The van der Waals surface area contributed by atoms with Crippen molar-refractivity contribution in [2.75, 3.05) is 44.5 Å². The lowest BCUT2D eigenvalue weighted by Gasteiger charge is -2.34. The van der Waals surface area contributed by atoms with Crippen LogP contribution in [0.5, 0.6) is 11.5 Å². The maximum Gasteiger partial charge on any atom is 0.162 e. The maximum atomic E-state index is 6.08. The molecule has 0 aliphatic carbocycles. The molecule has 2 rings (SSSR count). The third kappa shape index (κ3) is 2.46. The number of ether oxygens (including phenoxy) is 3. The monoisotopic (exact) mass is 252 g/mol. The van der Waals surface area contributed by atoms with Crippen molar-refractivity contribution < 1.29 is 14.2 Å². The normalized spacial score (nSPS) is 19.7. The van der Waals surface area contributed by atoms with E-state index >= 15 is 0 Å². The number of nitrogens with two attached hydrogens (primary N) is 1. The second-order valence-electron chi connectivity index (χ2n) is 4.39. The maximum absolute atomic E-state index is 6.08.